The Balaban J connectivity index is 1.75. The van der Waals surface area contributed by atoms with Crippen LogP contribution in [-0.2, 0) is 4.74 Å². The Kier molecular flexibility index (Phi) is 3.02. The van der Waals surface area contributed by atoms with Crippen molar-refractivity contribution in [2.45, 2.75) is 6.42 Å². The van der Waals surface area contributed by atoms with Gasteiger partial charge in [0.15, 0.2) is 0 Å². The quantitative estimate of drug-likeness (QED) is 0.870. The summed E-state index contributed by atoms with van der Waals surface area (Å²) in [4.78, 5) is 4.36. The van der Waals surface area contributed by atoms with E-state index in [1.165, 1.54) is 0 Å². The molecule has 2 heterocycles. The minimum absolute atomic E-state index is 0.269. The highest BCUT2D eigenvalue weighted by molar-refractivity contribution is 5.82. The van der Waals surface area contributed by atoms with Gasteiger partial charge < -0.3 is 15.2 Å². The summed E-state index contributed by atoms with van der Waals surface area (Å²) in [5.74, 6) is 0.857. The molecule has 2 aromatic rings. The molecule has 0 amide bonds. The highest BCUT2D eigenvalue weighted by Gasteiger charge is 2.14. The normalized spacial score (nSPS) is 19.2. The Bertz CT molecular complexity index is 550. The lowest BCUT2D eigenvalue weighted by Gasteiger charge is -2.11. The molecule has 1 aliphatic rings. The molecule has 0 saturated carbocycles. The maximum Gasteiger partial charge on any atom is 0.116 e. The van der Waals surface area contributed by atoms with Gasteiger partial charge in [-0.05, 0) is 30.7 Å². The van der Waals surface area contributed by atoms with Crippen molar-refractivity contribution in [2.24, 2.45) is 5.92 Å². The third-order valence-corrected chi connectivity index (χ3v) is 3.28. The lowest BCUT2D eigenvalue weighted by Crippen LogP contribution is -2.14. The van der Waals surface area contributed by atoms with Gasteiger partial charge in [0.1, 0.15) is 5.75 Å². The molecule has 3 rings (SSSR count). The van der Waals surface area contributed by atoms with Crippen LogP contribution in [0.5, 0.6) is 5.75 Å². The Morgan fingerprint density at radius 3 is 3.17 bits per heavy atom. The number of pyridine rings is 1. The van der Waals surface area contributed by atoms with Gasteiger partial charge in [-0.25, -0.2) is 0 Å². The molecule has 18 heavy (non-hydrogen) atoms. The highest BCUT2D eigenvalue weighted by atomic mass is 16.5. The van der Waals surface area contributed by atoms with E-state index in [-0.39, 0.29) is 5.75 Å². The van der Waals surface area contributed by atoms with Gasteiger partial charge in [0.05, 0.1) is 24.0 Å². The van der Waals surface area contributed by atoms with Crippen molar-refractivity contribution in [3.8, 4) is 5.75 Å². The average molecular weight is 244 g/mol. The molecule has 1 saturated heterocycles. The molecule has 0 aliphatic carbocycles. The zero-order valence-electron chi connectivity index (χ0n) is 10.1. The summed E-state index contributed by atoms with van der Waals surface area (Å²) in [6.45, 7) is 2.62. The second kappa shape index (κ2) is 4.82. The molecule has 4 nitrogen and oxygen atoms in total. The molecular weight excluding hydrogens is 228 g/mol. The van der Waals surface area contributed by atoms with Crippen molar-refractivity contribution < 1.29 is 9.84 Å². The summed E-state index contributed by atoms with van der Waals surface area (Å²) in [5, 5.41) is 13.8. The first-order valence-electron chi connectivity index (χ1n) is 6.22. The molecule has 1 aliphatic heterocycles. The van der Waals surface area contributed by atoms with E-state index in [1.807, 2.05) is 18.3 Å². The van der Waals surface area contributed by atoms with Gasteiger partial charge in [0.2, 0.25) is 0 Å². The maximum absolute atomic E-state index is 9.46. The van der Waals surface area contributed by atoms with Crippen molar-refractivity contribution >= 4 is 16.6 Å². The number of anilines is 1. The van der Waals surface area contributed by atoms with Crippen LogP contribution in [0.3, 0.4) is 0 Å². The third kappa shape index (κ3) is 2.38. The van der Waals surface area contributed by atoms with E-state index in [1.54, 1.807) is 12.1 Å². The lowest BCUT2D eigenvalue weighted by molar-refractivity contribution is 0.187. The van der Waals surface area contributed by atoms with Crippen molar-refractivity contribution in [3.05, 3.63) is 30.5 Å². The Labute approximate surface area is 106 Å². The summed E-state index contributed by atoms with van der Waals surface area (Å²) in [7, 11) is 0. The smallest absolute Gasteiger partial charge is 0.116 e. The van der Waals surface area contributed by atoms with Crippen LogP contribution in [0.1, 0.15) is 6.42 Å². The van der Waals surface area contributed by atoms with E-state index >= 15 is 0 Å². The van der Waals surface area contributed by atoms with Gasteiger partial charge in [-0.2, -0.15) is 0 Å². The minimum atomic E-state index is 0.269. The monoisotopic (exact) mass is 244 g/mol. The van der Waals surface area contributed by atoms with Crippen LogP contribution in [0.4, 0.5) is 5.69 Å². The number of benzene rings is 1. The van der Waals surface area contributed by atoms with Gasteiger partial charge in [-0.1, -0.05) is 0 Å². The molecule has 1 aromatic carbocycles. The van der Waals surface area contributed by atoms with Crippen LogP contribution in [0, 0.1) is 5.92 Å². The van der Waals surface area contributed by atoms with Crippen LogP contribution in [0.2, 0.25) is 0 Å². The number of nitrogens with one attached hydrogen (secondary N) is 1. The van der Waals surface area contributed by atoms with E-state index in [2.05, 4.69) is 10.3 Å². The second-order valence-corrected chi connectivity index (χ2v) is 4.71. The number of rotatable bonds is 3. The number of phenolic OH excluding ortho intramolecular Hbond substituents is 1. The fourth-order valence-corrected chi connectivity index (χ4v) is 2.22. The van der Waals surface area contributed by atoms with Gasteiger partial charge in [-0.3, -0.25) is 4.98 Å². The van der Waals surface area contributed by atoms with Crippen LogP contribution in [0.15, 0.2) is 30.5 Å². The van der Waals surface area contributed by atoms with Crippen molar-refractivity contribution in [1.29, 1.82) is 0 Å². The number of ether oxygens (including phenoxy) is 1. The molecule has 0 spiro atoms. The van der Waals surface area contributed by atoms with Crippen LogP contribution < -0.4 is 5.32 Å². The van der Waals surface area contributed by atoms with Crippen LogP contribution >= 0.6 is 0 Å². The molecule has 4 heteroatoms. The number of fused-ring (bicyclic) bond motifs is 1. The topological polar surface area (TPSA) is 54.4 Å². The average Bonchev–Trinajstić information content (AvgIpc) is 2.89. The number of aromatic nitrogens is 1. The van der Waals surface area contributed by atoms with E-state index in [9.17, 15) is 5.11 Å². The Morgan fingerprint density at radius 1 is 1.39 bits per heavy atom. The lowest BCUT2D eigenvalue weighted by atomic mass is 10.1. The predicted octanol–water partition coefficient (Wildman–Crippen LogP) is 2.39. The summed E-state index contributed by atoms with van der Waals surface area (Å²) in [6.07, 6.45) is 2.95. The third-order valence-electron chi connectivity index (χ3n) is 3.28. The zero-order chi connectivity index (χ0) is 12.4. The minimum Gasteiger partial charge on any atom is -0.508 e. The molecule has 1 fully saturated rings. The van der Waals surface area contributed by atoms with Crippen LogP contribution in [0.25, 0.3) is 10.9 Å². The van der Waals surface area contributed by atoms with E-state index in [4.69, 9.17) is 4.74 Å². The SMILES string of the molecule is Oc1ccc2ncc(NC[C@@H]3CCOC3)cc2c1. The molecule has 1 aromatic heterocycles. The Morgan fingerprint density at radius 2 is 2.33 bits per heavy atom. The largest absolute Gasteiger partial charge is 0.508 e. The predicted molar refractivity (Wildman–Crippen MR) is 70.8 cm³/mol. The Hall–Kier alpha value is -1.81. The van der Waals surface area contributed by atoms with Crippen molar-refractivity contribution in [2.75, 3.05) is 25.1 Å². The van der Waals surface area contributed by atoms with E-state index < -0.39 is 0 Å². The second-order valence-electron chi connectivity index (χ2n) is 4.71. The van der Waals surface area contributed by atoms with Crippen molar-refractivity contribution in [1.82, 2.24) is 4.98 Å². The first-order chi connectivity index (χ1) is 8.81. The number of aromatic hydroxyl groups is 1. The summed E-state index contributed by atoms with van der Waals surface area (Å²) in [6, 6.07) is 7.21. The molecule has 94 valence electrons. The molecule has 2 N–H and O–H groups in total. The number of hydrogen-bond donors (Lipinski definition) is 2. The van der Waals surface area contributed by atoms with Gasteiger partial charge in [-0.15, -0.1) is 0 Å². The van der Waals surface area contributed by atoms with E-state index in [0.717, 1.165) is 42.8 Å². The number of phenols is 1. The first kappa shape index (κ1) is 11.3. The number of nitrogens with zero attached hydrogens (tertiary/aromatic N) is 1. The first-order valence-corrected chi connectivity index (χ1v) is 6.22. The fourth-order valence-electron chi connectivity index (χ4n) is 2.22. The molecule has 0 radical (unpaired) electrons. The molecule has 0 unspecified atom stereocenters. The molecule has 0 bridgehead atoms. The summed E-state index contributed by atoms with van der Waals surface area (Å²) < 4.78 is 5.34. The molecular formula is C14H16N2O2. The summed E-state index contributed by atoms with van der Waals surface area (Å²) >= 11 is 0. The highest BCUT2D eigenvalue weighted by Crippen LogP contribution is 2.21. The standard InChI is InChI=1S/C14H16N2O2/c17-13-1-2-14-11(6-13)5-12(8-16-14)15-7-10-3-4-18-9-10/h1-2,5-6,8,10,15,17H,3-4,7,9H2/t10-/m0/s1. The zero-order valence-corrected chi connectivity index (χ0v) is 10.1. The maximum atomic E-state index is 9.46. The van der Waals surface area contributed by atoms with Crippen molar-refractivity contribution in [3.63, 3.8) is 0 Å². The number of hydrogen-bond acceptors (Lipinski definition) is 4. The van der Waals surface area contributed by atoms with E-state index in [0.29, 0.717) is 5.92 Å². The van der Waals surface area contributed by atoms with Gasteiger partial charge in [0.25, 0.3) is 0 Å². The fraction of sp³-hybridized carbons (Fsp3) is 0.357. The van der Waals surface area contributed by atoms with Crippen LogP contribution in [-0.4, -0.2) is 29.8 Å². The van der Waals surface area contributed by atoms with Gasteiger partial charge in [0, 0.05) is 24.5 Å². The summed E-state index contributed by atoms with van der Waals surface area (Å²) in [5.41, 5.74) is 1.88. The van der Waals surface area contributed by atoms with Gasteiger partial charge >= 0.3 is 0 Å². The molecule has 1 atom stereocenters.